The van der Waals surface area contributed by atoms with Crippen LogP contribution in [0.1, 0.15) is 24.5 Å². The van der Waals surface area contributed by atoms with Crippen LogP contribution in [0.5, 0.6) is 5.75 Å². The molecular formula is C20H20BrN3O2. The second kappa shape index (κ2) is 5.84. The number of nitrogens with two attached hydrogens (primary N) is 1. The van der Waals surface area contributed by atoms with Crippen molar-refractivity contribution >= 4 is 27.8 Å². The lowest BCUT2D eigenvalue weighted by molar-refractivity contribution is -0.133. The second-order valence-electron chi connectivity index (χ2n) is 7.23. The zero-order valence-electron chi connectivity index (χ0n) is 14.7. The number of nitrogens with zero attached hydrogens (tertiary/aromatic N) is 2. The van der Waals surface area contributed by atoms with Gasteiger partial charge in [-0.05, 0) is 30.7 Å². The number of ether oxygens (including phenoxy) is 1. The quantitative estimate of drug-likeness (QED) is 0.821. The Bertz CT molecular complexity index is 915. The highest BCUT2D eigenvalue weighted by Gasteiger charge is 2.56. The second-order valence-corrected chi connectivity index (χ2v) is 8.14. The van der Waals surface area contributed by atoms with Crippen LogP contribution in [-0.2, 0) is 16.8 Å². The summed E-state index contributed by atoms with van der Waals surface area (Å²) >= 11 is 3.49. The summed E-state index contributed by atoms with van der Waals surface area (Å²) in [6.07, 6.45) is 1.11. The van der Waals surface area contributed by atoms with Gasteiger partial charge in [-0.3, -0.25) is 9.69 Å². The summed E-state index contributed by atoms with van der Waals surface area (Å²) in [6.45, 7) is 2.03. The molecule has 2 aromatic carbocycles. The maximum atomic E-state index is 13.2. The van der Waals surface area contributed by atoms with E-state index in [0.29, 0.717) is 18.6 Å². The molecule has 5 nitrogen and oxygen atoms in total. The number of fused-ring (bicyclic) bond motifs is 2. The number of hydrogen-bond donors (Lipinski definition) is 1. The van der Waals surface area contributed by atoms with E-state index in [1.807, 2.05) is 43.3 Å². The first kappa shape index (κ1) is 17.1. The Kier molecular flexibility index (Phi) is 3.84. The number of rotatable bonds is 2. The molecule has 2 aromatic rings. The average molecular weight is 414 g/mol. The Morgan fingerprint density at radius 2 is 2.00 bits per heavy atom. The van der Waals surface area contributed by atoms with Gasteiger partial charge in [-0.25, -0.2) is 4.99 Å². The normalized spacial score (nSPS) is 27.3. The fraction of sp³-hybridized carbons (Fsp3) is 0.300. The predicted octanol–water partition coefficient (Wildman–Crippen LogP) is 3.22. The lowest BCUT2D eigenvalue weighted by atomic mass is 9.75. The Morgan fingerprint density at radius 3 is 2.65 bits per heavy atom. The van der Waals surface area contributed by atoms with Gasteiger partial charge in [-0.15, -0.1) is 0 Å². The Morgan fingerprint density at radius 1 is 1.27 bits per heavy atom. The summed E-state index contributed by atoms with van der Waals surface area (Å²) in [6, 6.07) is 15.8. The van der Waals surface area contributed by atoms with Gasteiger partial charge in [0.05, 0.1) is 0 Å². The number of likely N-dealkylation sites (N-methyl/N-ethyl adjacent to an activating group) is 1. The van der Waals surface area contributed by atoms with Gasteiger partial charge in [0.15, 0.2) is 11.5 Å². The monoisotopic (exact) mass is 413 g/mol. The topological polar surface area (TPSA) is 67.9 Å². The van der Waals surface area contributed by atoms with Crippen molar-refractivity contribution in [2.75, 3.05) is 7.05 Å². The molecule has 0 aromatic heterocycles. The average Bonchev–Trinajstić information content (AvgIpc) is 2.81. The highest BCUT2D eigenvalue weighted by molar-refractivity contribution is 9.10. The maximum absolute atomic E-state index is 13.2. The van der Waals surface area contributed by atoms with Crippen LogP contribution in [0, 0.1) is 0 Å². The molecule has 1 spiro atoms. The number of aliphatic imine (C=N–C) groups is 1. The number of hydrogen-bond acceptors (Lipinski definition) is 4. The molecule has 4 rings (SSSR count). The first-order valence-corrected chi connectivity index (χ1v) is 9.29. The molecule has 134 valence electrons. The smallest absolute Gasteiger partial charge is 0.261 e. The minimum absolute atomic E-state index is 0.114. The first-order valence-electron chi connectivity index (χ1n) is 8.49. The number of carbonyl (C=O) groups is 1. The highest BCUT2D eigenvalue weighted by Crippen LogP contribution is 2.50. The minimum Gasteiger partial charge on any atom is -0.487 e. The molecule has 2 N–H and O–H groups in total. The molecule has 0 unspecified atom stereocenters. The molecule has 2 atom stereocenters. The number of carbonyl (C=O) groups excluding carboxylic acids is 1. The summed E-state index contributed by atoms with van der Waals surface area (Å²) in [5.41, 5.74) is 6.31. The third-order valence-electron chi connectivity index (χ3n) is 5.10. The van der Waals surface area contributed by atoms with E-state index in [-0.39, 0.29) is 11.9 Å². The molecule has 0 fully saturated rings. The van der Waals surface area contributed by atoms with E-state index in [9.17, 15) is 4.79 Å². The third-order valence-corrected chi connectivity index (χ3v) is 5.59. The number of halogens is 1. The summed E-state index contributed by atoms with van der Waals surface area (Å²) in [5.74, 6) is 0.805. The first-order chi connectivity index (χ1) is 12.3. The van der Waals surface area contributed by atoms with Crippen LogP contribution < -0.4 is 10.5 Å². The minimum atomic E-state index is -1.04. The van der Waals surface area contributed by atoms with Crippen LogP contribution in [0.3, 0.4) is 0 Å². The van der Waals surface area contributed by atoms with Gasteiger partial charge in [0.25, 0.3) is 5.91 Å². The van der Waals surface area contributed by atoms with E-state index >= 15 is 0 Å². The van der Waals surface area contributed by atoms with E-state index in [0.717, 1.165) is 15.6 Å². The van der Waals surface area contributed by atoms with Crippen molar-refractivity contribution < 1.29 is 9.53 Å². The molecule has 0 aliphatic carbocycles. The van der Waals surface area contributed by atoms with Crippen LogP contribution in [0.4, 0.5) is 0 Å². The molecule has 2 heterocycles. The molecule has 0 bridgehead atoms. The lowest BCUT2D eigenvalue weighted by Crippen LogP contribution is -2.51. The third kappa shape index (κ3) is 2.60. The molecule has 26 heavy (non-hydrogen) atoms. The van der Waals surface area contributed by atoms with E-state index in [2.05, 4.69) is 33.1 Å². The maximum Gasteiger partial charge on any atom is 0.261 e. The fourth-order valence-electron chi connectivity index (χ4n) is 3.97. The molecular weight excluding hydrogens is 394 g/mol. The van der Waals surface area contributed by atoms with Crippen molar-refractivity contribution in [1.82, 2.24) is 4.90 Å². The van der Waals surface area contributed by atoms with E-state index < -0.39 is 11.1 Å². The lowest BCUT2D eigenvalue weighted by Gasteiger charge is -2.43. The summed E-state index contributed by atoms with van der Waals surface area (Å²) in [5, 5.41) is 0. The van der Waals surface area contributed by atoms with Gasteiger partial charge in [0, 0.05) is 29.9 Å². The van der Waals surface area contributed by atoms with E-state index in [1.54, 1.807) is 7.05 Å². The highest BCUT2D eigenvalue weighted by atomic mass is 79.9. The van der Waals surface area contributed by atoms with E-state index in [1.165, 1.54) is 4.90 Å². The molecule has 0 radical (unpaired) electrons. The van der Waals surface area contributed by atoms with Crippen LogP contribution in [-0.4, -0.2) is 29.4 Å². The van der Waals surface area contributed by atoms with Gasteiger partial charge in [0.2, 0.25) is 0 Å². The SMILES string of the molecule is CN1C(=O)[C@]2(C[C@@](C)(Cc3ccccc3)Oc3ccc(Br)cc32)N=C1N. The van der Waals surface area contributed by atoms with Crippen molar-refractivity contribution in [3.8, 4) is 5.75 Å². The van der Waals surface area contributed by atoms with E-state index in [4.69, 9.17) is 10.5 Å². The summed E-state index contributed by atoms with van der Waals surface area (Å²) in [7, 11) is 1.66. The van der Waals surface area contributed by atoms with Gasteiger partial charge in [-0.2, -0.15) is 0 Å². The van der Waals surface area contributed by atoms with Crippen molar-refractivity contribution in [2.24, 2.45) is 10.7 Å². The van der Waals surface area contributed by atoms with Gasteiger partial charge in [0.1, 0.15) is 11.4 Å². The molecule has 0 saturated heterocycles. The van der Waals surface area contributed by atoms with Gasteiger partial charge >= 0.3 is 0 Å². The van der Waals surface area contributed by atoms with Crippen LogP contribution >= 0.6 is 15.9 Å². The number of guanidine groups is 1. The van der Waals surface area contributed by atoms with Crippen molar-refractivity contribution in [3.63, 3.8) is 0 Å². The molecule has 6 heteroatoms. The predicted molar refractivity (Wildman–Crippen MR) is 104 cm³/mol. The molecule has 0 saturated carbocycles. The fourth-order valence-corrected chi connectivity index (χ4v) is 4.33. The Balaban J connectivity index is 1.84. The molecule has 2 aliphatic rings. The summed E-state index contributed by atoms with van der Waals surface area (Å²) in [4.78, 5) is 19.2. The molecule has 2 aliphatic heterocycles. The molecule has 1 amide bonds. The van der Waals surface area contributed by atoms with Crippen LogP contribution in [0.25, 0.3) is 0 Å². The van der Waals surface area contributed by atoms with Crippen molar-refractivity contribution in [3.05, 3.63) is 64.1 Å². The standard InChI is InChI=1S/C20H20BrN3O2/c1-19(11-13-6-4-3-5-7-13)12-20(17(25)24(2)18(22)23-20)15-10-14(21)8-9-16(15)26-19/h3-10H,11-12H2,1-2H3,(H2,22,23)/t19-,20-/m1/s1. The van der Waals surface area contributed by atoms with Crippen molar-refractivity contribution in [2.45, 2.75) is 30.9 Å². The number of amides is 1. The Hall–Kier alpha value is -2.34. The number of benzene rings is 2. The van der Waals surface area contributed by atoms with Gasteiger partial charge in [-0.1, -0.05) is 46.3 Å². The summed E-state index contributed by atoms with van der Waals surface area (Å²) < 4.78 is 7.26. The van der Waals surface area contributed by atoms with Crippen LogP contribution in [0.2, 0.25) is 0 Å². The largest absolute Gasteiger partial charge is 0.487 e. The Labute approximate surface area is 161 Å². The zero-order valence-corrected chi connectivity index (χ0v) is 16.3. The zero-order chi connectivity index (χ0) is 18.5. The van der Waals surface area contributed by atoms with Gasteiger partial charge < -0.3 is 10.5 Å². The van der Waals surface area contributed by atoms with Crippen molar-refractivity contribution in [1.29, 1.82) is 0 Å². The van der Waals surface area contributed by atoms with Crippen LogP contribution in [0.15, 0.2) is 58.0 Å².